The highest BCUT2D eigenvalue weighted by molar-refractivity contribution is 5.78. The van der Waals surface area contributed by atoms with Gasteiger partial charge in [0.05, 0.1) is 24.9 Å². The summed E-state index contributed by atoms with van der Waals surface area (Å²) >= 11 is 0. The molecule has 3 fully saturated rings. The summed E-state index contributed by atoms with van der Waals surface area (Å²) < 4.78 is 11.9. The zero-order valence-electron chi connectivity index (χ0n) is 20.7. The lowest BCUT2D eigenvalue weighted by Gasteiger charge is -2.30. The second-order valence-electron chi connectivity index (χ2n) is 10.1. The maximum absolute atomic E-state index is 13.3. The van der Waals surface area contributed by atoms with Gasteiger partial charge in [-0.15, -0.1) is 0 Å². The van der Waals surface area contributed by atoms with Crippen molar-refractivity contribution in [1.82, 2.24) is 14.8 Å². The van der Waals surface area contributed by atoms with E-state index in [1.807, 2.05) is 23.1 Å². The Bertz CT molecular complexity index is 927. The van der Waals surface area contributed by atoms with Gasteiger partial charge in [-0.05, 0) is 61.4 Å². The number of hydrogen-bond donors (Lipinski definition) is 0. The molecule has 0 spiro atoms. The molecule has 188 valence electrons. The predicted octanol–water partition coefficient (Wildman–Crippen LogP) is 3.34. The van der Waals surface area contributed by atoms with Crippen molar-refractivity contribution in [1.29, 1.82) is 0 Å². The summed E-state index contributed by atoms with van der Waals surface area (Å²) in [6.45, 7) is 7.70. The van der Waals surface area contributed by atoms with Crippen LogP contribution in [0, 0.1) is 5.92 Å². The van der Waals surface area contributed by atoms with E-state index < -0.39 is 0 Å². The molecule has 0 bridgehead atoms. The lowest BCUT2D eigenvalue weighted by atomic mass is 9.99. The van der Waals surface area contributed by atoms with Crippen LogP contribution in [0.3, 0.4) is 0 Å². The molecule has 1 atom stereocenters. The van der Waals surface area contributed by atoms with Gasteiger partial charge in [-0.2, -0.15) is 0 Å². The summed E-state index contributed by atoms with van der Waals surface area (Å²) in [5, 5.41) is 0. The molecule has 5 rings (SSSR count). The van der Waals surface area contributed by atoms with E-state index >= 15 is 0 Å². The van der Waals surface area contributed by atoms with E-state index in [1.165, 1.54) is 24.1 Å². The molecule has 3 aliphatic rings. The second-order valence-corrected chi connectivity index (χ2v) is 10.1. The van der Waals surface area contributed by atoms with E-state index in [4.69, 9.17) is 9.47 Å². The third-order valence-corrected chi connectivity index (χ3v) is 7.42. The first-order valence-electron chi connectivity index (χ1n) is 13.2. The van der Waals surface area contributed by atoms with Crippen LogP contribution in [-0.2, 0) is 27.4 Å². The van der Waals surface area contributed by atoms with E-state index in [-0.39, 0.29) is 12.0 Å². The van der Waals surface area contributed by atoms with E-state index in [2.05, 4.69) is 39.0 Å². The summed E-state index contributed by atoms with van der Waals surface area (Å²) in [5.74, 6) is 0.711. The zero-order chi connectivity index (χ0) is 23.9. The summed E-state index contributed by atoms with van der Waals surface area (Å²) in [5.41, 5.74) is 3.46. The van der Waals surface area contributed by atoms with Crippen molar-refractivity contribution in [2.75, 3.05) is 57.4 Å². The SMILES string of the molecule is O=C1CN(Cc2ccc(N3CCCC3)cc2)CC(OCc2ccccn2)CN1CC1CCOCC1. The molecule has 0 saturated carbocycles. The first kappa shape index (κ1) is 24.2. The van der Waals surface area contributed by atoms with Crippen molar-refractivity contribution < 1.29 is 14.3 Å². The molecule has 2 aromatic rings. The summed E-state index contributed by atoms with van der Waals surface area (Å²) in [6, 6.07) is 14.8. The minimum Gasteiger partial charge on any atom is -0.381 e. The van der Waals surface area contributed by atoms with Crippen LogP contribution in [0.4, 0.5) is 5.69 Å². The van der Waals surface area contributed by atoms with Gasteiger partial charge < -0.3 is 19.3 Å². The highest BCUT2D eigenvalue weighted by atomic mass is 16.5. The fraction of sp³-hybridized carbons (Fsp3) is 0.571. The largest absolute Gasteiger partial charge is 0.381 e. The molecule has 1 aromatic carbocycles. The van der Waals surface area contributed by atoms with Gasteiger partial charge in [-0.3, -0.25) is 14.7 Å². The Hall–Kier alpha value is -2.48. The quantitative estimate of drug-likeness (QED) is 0.580. The highest BCUT2D eigenvalue weighted by Gasteiger charge is 2.30. The van der Waals surface area contributed by atoms with Gasteiger partial charge in [0, 0.05) is 64.4 Å². The molecule has 0 radical (unpaired) electrons. The second kappa shape index (κ2) is 12.0. The van der Waals surface area contributed by atoms with Gasteiger partial charge >= 0.3 is 0 Å². The number of nitrogens with zero attached hydrogens (tertiary/aromatic N) is 4. The summed E-state index contributed by atoms with van der Waals surface area (Å²) in [7, 11) is 0. The zero-order valence-corrected chi connectivity index (χ0v) is 20.7. The highest BCUT2D eigenvalue weighted by Crippen LogP contribution is 2.22. The molecule has 1 unspecified atom stereocenters. The van der Waals surface area contributed by atoms with Crippen LogP contribution in [0.1, 0.15) is 36.9 Å². The van der Waals surface area contributed by atoms with Gasteiger partial charge in [0.1, 0.15) is 0 Å². The normalized spacial score (nSPS) is 22.5. The standard InChI is InChI=1S/C28H38N4O3/c33-28-21-30(17-23-6-8-26(9-7-23)31-13-3-4-14-31)19-27(35-22-25-5-1-2-12-29-25)20-32(28)18-24-10-15-34-16-11-24/h1-2,5-9,12,24,27H,3-4,10-11,13-22H2. The maximum atomic E-state index is 13.3. The number of carbonyl (C=O) groups excluding carboxylic acids is 1. The van der Waals surface area contributed by atoms with Crippen molar-refractivity contribution in [2.24, 2.45) is 5.92 Å². The number of hydrogen-bond acceptors (Lipinski definition) is 6. The third kappa shape index (κ3) is 6.81. The molecule has 0 aliphatic carbocycles. The fourth-order valence-corrected chi connectivity index (χ4v) is 5.42. The number of aromatic nitrogens is 1. The minimum absolute atomic E-state index is 0.0489. The van der Waals surface area contributed by atoms with E-state index in [9.17, 15) is 4.79 Å². The Morgan fingerprint density at radius 1 is 1.00 bits per heavy atom. The van der Waals surface area contributed by atoms with Crippen LogP contribution < -0.4 is 4.90 Å². The Labute approximate surface area is 209 Å². The number of benzene rings is 1. The number of ether oxygens (including phenoxy) is 2. The molecule has 4 heterocycles. The van der Waals surface area contributed by atoms with Gasteiger partial charge in [0.25, 0.3) is 0 Å². The monoisotopic (exact) mass is 478 g/mol. The average Bonchev–Trinajstić information content (AvgIpc) is 3.39. The molecule has 7 nitrogen and oxygen atoms in total. The Morgan fingerprint density at radius 3 is 2.54 bits per heavy atom. The number of anilines is 1. The molecular weight excluding hydrogens is 440 g/mol. The Morgan fingerprint density at radius 2 is 1.80 bits per heavy atom. The average molecular weight is 479 g/mol. The smallest absolute Gasteiger partial charge is 0.236 e. The van der Waals surface area contributed by atoms with Crippen molar-refractivity contribution in [3.8, 4) is 0 Å². The van der Waals surface area contributed by atoms with Crippen LogP contribution in [0.5, 0.6) is 0 Å². The molecule has 1 aromatic heterocycles. The van der Waals surface area contributed by atoms with Crippen molar-refractivity contribution in [3.05, 3.63) is 59.9 Å². The number of rotatable bonds is 8. The van der Waals surface area contributed by atoms with E-state index in [0.717, 1.165) is 64.5 Å². The van der Waals surface area contributed by atoms with Crippen LogP contribution in [-0.4, -0.2) is 79.3 Å². The van der Waals surface area contributed by atoms with Crippen molar-refractivity contribution in [3.63, 3.8) is 0 Å². The summed E-state index contributed by atoms with van der Waals surface area (Å²) in [4.78, 5) is 24.5. The van der Waals surface area contributed by atoms with E-state index in [1.54, 1.807) is 6.20 Å². The van der Waals surface area contributed by atoms with Crippen molar-refractivity contribution in [2.45, 2.75) is 44.9 Å². The number of carbonyl (C=O) groups is 1. The van der Waals surface area contributed by atoms with Gasteiger partial charge in [-0.25, -0.2) is 0 Å². The molecule has 3 saturated heterocycles. The predicted molar refractivity (Wildman–Crippen MR) is 136 cm³/mol. The molecule has 0 N–H and O–H groups in total. The first-order valence-corrected chi connectivity index (χ1v) is 13.2. The molecule has 35 heavy (non-hydrogen) atoms. The van der Waals surface area contributed by atoms with Crippen molar-refractivity contribution >= 4 is 11.6 Å². The number of pyridine rings is 1. The molecule has 3 aliphatic heterocycles. The van der Waals surface area contributed by atoms with Crippen LogP contribution >= 0.6 is 0 Å². The summed E-state index contributed by atoms with van der Waals surface area (Å²) in [6.07, 6.45) is 6.36. The first-order chi connectivity index (χ1) is 17.2. The minimum atomic E-state index is -0.0489. The lowest BCUT2D eigenvalue weighted by molar-refractivity contribution is -0.133. The van der Waals surface area contributed by atoms with Gasteiger partial charge in [0.15, 0.2) is 0 Å². The fourth-order valence-electron chi connectivity index (χ4n) is 5.42. The lowest BCUT2D eigenvalue weighted by Crippen LogP contribution is -2.42. The molecular formula is C28H38N4O3. The van der Waals surface area contributed by atoms with Crippen LogP contribution in [0.15, 0.2) is 48.7 Å². The van der Waals surface area contributed by atoms with Gasteiger partial charge in [0.2, 0.25) is 5.91 Å². The Balaban J connectivity index is 1.25. The third-order valence-electron chi connectivity index (χ3n) is 7.42. The molecule has 7 heteroatoms. The number of amides is 1. The van der Waals surface area contributed by atoms with Gasteiger partial charge in [-0.1, -0.05) is 18.2 Å². The Kier molecular flexibility index (Phi) is 8.29. The van der Waals surface area contributed by atoms with Crippen LogP contribution in [0.25, 0.3) is 0 Å². The topological polar surface area (TPSA) is 58.1 Å². The molecule has 1 amide bonds. The van der Waals surface area contributed by atoms with E-state index in [0.29, 0.717) is 25.6 Å². The van der Waals surface area contributed by atoms with Crippen LogP contribution in [0.2, 0.25) is 0 Å². The maximum Gasteiger partial charge on any atom is 0.236 e.